The predicted octanol–water partition coefficient (Wildman–Crippen LogP) is 0.271. The number of nitrogens with one attached hydrogen (secondary N) is 1. The van der Waals surface area contributed by atoms with Crippen LogP contribution in [0.5, 0.6) is 0 Å². The number of para-hydroxylation sites is 1. The van der Waals surface area contributed by atoms with E-state index in [1.807, 2.05) is 0 Å². The van der Waals surface area contributed by atoms with Gasteiger partial charge in [0.2, 0.25) is 16.4 Å². The number of sulfonamides is 1. The van der Waals surface area contributed by atoms with Gasteiger partial charge in [0.05, 0.1) is 12.3 Å². The minimum atomic E-state index is -3.48. The number of benzene rings is 1. The Hall–Kier alpha value is -1.93. The average molecular weight is 268 g/mol. The first kappa shape index (κ1) is 12.5. The maximum absolute atomic E-state index is 11.8. The van der Waals surface area contributed by atoms with Crippen LogP contribution in [0.3, 0.4) is 0 Å². The van der Waals surface area contributed by atoms with Crippen LogP contribution in [0.15, 0.2) is 35.2 Å². The van der Waals surface area contributed by atoms with Crippen LogP contribution in [0.2, 0.25) is 0 Å². The number of aromatic nitrogens is 2. The summed E-state index contributed by atoms with van der Waals surface area (Å²) < 4.78 is 30.5. The molecule has 0 atom stereocenters. The highest BCUT2D eigenvalue weighted by Crippen LogP contribution is 2.13. The van der Waals surface area contributed by atoms with Crippen molar-refractivity contribution in [1.82, 2.24) is 14.9 Å². The van der Waals surface area contributed by atoms with Crippen molar-refractivity contribution in [1.29, 1.82) is 0 Å². The Bertz CT molecular complexity index is 610. The maximum Gasteiger partial charge on any atom is 0.216 e. The number of anilines is 1. The molecule has 3 N–H and O–H groups in total. The molecule has 0 radical (unpaired) electrons. The summed E-state index contributed by atoms with van der Waals surface area (Å²) in [6.45, 7) is -0.00836. The van der Waals surface area contributed by atoms with Gasteiger partial charge in [0.1, 0.15) is 0 Å². The lowest BCUT2D eigenvalue weighted by molar-refractivity contribution is 0.409. The Morgan fingerprint density at radius 3 is 2.78 bits per heavy atom. The Balaban J connectivity index is 2.02. The summed E-state index contributed by atoms with van der Waals surface area (Å²) in [6.07, 6.45) is 1.14. The zero-order valence-corrected chi connectivity index (χ0v) is 10.2. The Kier molecular flexibility index (Phi) is 3.58. The zero-order valence-electron chi connectivity index (χ0n) is 9.41. The van der Waals surface area contributed by atoms with E-state index in [0.717, 1.165) is 6.39 Å². The molecule has 0 aliphatic carbocycles. The molecule has 1 heterocycles. The molecule has 96 valence electrons. The smallest absolute Gasteiger partial charge is 0.216 e. The molecule has 2 aromatic rings. The molecule has 0 aliphatic heterocycles. The maximum atomic E-state index is 11.8. The summed E-state index contributed by atoms with van der Waals surface area (Å²) >= 11 is 0. The van der Waals surface area contributed by atoms with Crippen LogP contribution in [0.25, 0.3) is 0 Å². The molecule has 0 unspecified atom stereocenters. The van der Waals surface area contributed by atoms with Crippen LogP contribution in [-0.2, 0) is 22.3 Å². The van der Waals surface area contributed by atoms with E-state index in [2.05, 4.69) is 19.4 Å². The molecule has 0 bridgehead atoms. The van der Waals surface area contributed by atoms with Crippen molar-refractivity contribution < 1.29 is 12.9 Å². The summed E-state index contributed by atoms with van der Waals surface area (Å²) in [5, 5.41) is 3.51. The molecule has 0 aliphatic rings. The summed E-state index contributed by atoms with van der Waals surface area (Å²) in [4.78, 5) is 3.71. The molecule has 8 heteroatoms. The molecule has 0 fully saturated rings. The van der Waals surface area contributed by atoms with Gasteiger partial charge in [-0.1, -0.05) is 23.4 Å². The van der Waals surface area contributed by atoms with Gasteiger partial charge in [0, 0.05) is 5.69 Å². The van der Waals surface area contributed by atoms with Crippen molar-refractivity contribution in [2.45, 2.75) is 12.3 Å². The first-order valence-corrected chi connectivity index (χ1v) is 6.78. The molecule has 18 heavy (non-hydrogen) atoms. The lowest BCUT2D eigenvalue weighted by Gasteiger charge is -2.07. The van der Waals surface area contributed by atoms with E-state index in [-0.39, 0.29) is 18.1 Å². The van der Waals surface area contributed by atoms with E-state index in [9.17, 15) is 8.42 Å². The Labute approximate surface area is 104 Å². The average Bonchev–Trinajstić information content (AvgIpc) is 2.83. The van der Waals surface area contributed by atoms with Crippen LogP contribution >= 0.6 is 0 Å². The summed E-state index contributed by atoms with van der Waals surface area (Å²) in [5.41, 5.74) is 6.69. The molecular formula is C10H12N4O3S. The first-order chi connectivity index (χ1) is 8.57. The van der Waals surface area contributed by atoms with Gasteiger partial charge in [-0.25, -0.2) is 13.1 Å². The van der Waals surface area contributed by atoms with Crippen LogP contribution in [0, 0.1) is 0 Å². The van der Waals surface area contributed by atoms with Crippen molar-refractivity contribution in [3.05, 3.63) is 42.0 Å². The Morgan fingerprint density at radius 2 is 2.11 bits per heavy atom. The van der Waals surface area contributed by atoms with E-state index in [4.69, 9.17) is 5.73 Å². The number of rotatable bonds is 5. The quantitative estimate of drug-likeness (QED) is 0.753. The van der Waals surface area contributed by atoms with Gasteiger partial charge in [-0.15, -0.1) is 0 Å². The van der Waals surface area contributed by atoms with E-state index in [0.29, 0.717) is 11.3 Å². The summed E-state index contributed by atoms with van der Waals surface area (Å²) in [6, 6.07) is 6.81. The van der Waals surface area contributed by atoms with Gasteiger partial charge in [-0.2, -0.15) is 4.98 Å². The van der Waals surface area contributed by atoms with Crippen LogP contribution in [0.4, 0.5) is 5.69 Å². The summed E-state index contributed by atoms with van der Waals surface area (Å²) in [5.74, 6) is 0.0944. The second kappa shape index (κ2) is 5.15. The molecule has 0 saturated carbocycles. The molecule has 1 aromatic carbocycles. The lowest BCUT2D eigenvalue weighted by atomic mass is 10.2. The third-order valence-electron chi connectivity index (χ3n) is 2.26. The highest BCUT2D eigenvalue weighted by molar-refractivity contribution is 7.88. The van der Waals surface area contributed by atoms with E-state index in [1.54, 1.807) is 24.3 Å². The van der Waals surface area contributed by atoms with Gasteiger partial charge >= 0.3 is 0 Å². The molecule has 2 rings (SSSR count). The van der Waals surface area contributed by atoms with Gasteiger partial charge in [-0.3, -0.25) is 0 Å². The third-order valence-corrected chi connectivity index (χ3v) is 3.53. The zero-order chi connectivity index (χ0) is 13.0. The highest BCUT2D eigenvalue weighted by Gasteiger charge is 2.14. The first-order valence-electron chi connectivity index (χ1n) is 5.13. The topological polar surface area (TPSA) is 111 Å². The van der Waals surface area contributed by atoms with Gasteiger partial charge in [0.15, 0.2) is 5.82 Å². The van der Waals surface area contributed by atoms with Gasteiger partial charge in [0.25, 0.3) is 0 Å². The molecule has 0 amide bonds. The molecule has 7 nitrogen and oxygen atoms in total. The van der Waals surface area contributed by atoms with Crippen LogP contribution in [-0.4, -0.2) is 18.6 Å². The fourth-order valence-electron chi connectivity index (χ4n) is 1.37. The number of nitrogen functional groups attached to an aromatic ring is 1. The monoisotopic (exact) mass is 268 g/mol. The molecule has 0 saturated heterocycles. The van der Waals surface area contributed by atoms with Crippen molar-refractivity contribution in [3.63, 3.8) is 0 Å². The minimum Gasteiger partial charge on any atom is -0.398 e. The standard InChI is InChI=1S/C10H12N4O3S/c11-9-4-2-1-3-8(9)6-18(15,16)13-5-10-12-7-17-14-10/h1-4,7,13H,5-6,11H2. The summed E-state index contributed by atoms with van der Waals surface area (Å²) in [7, 11) is -3.48. The van der Waals surface area contributed by atoms with Gasteiger partial charge < -0.3 is 10.3 Å². The van der Waals surface area contributed by atoms with E-state index >= 15 is 0 Å². The highest BCUT2D eigenvalue weighted by atomic mass is 32.2. The second-order valence-corrected chi connectivity index (χ2v) is 5.43. The SMILES string of the molecule is Nc1ccccc1CS(=O)(=O)NCc1ncon1. The molecular weight excluding hydrogens is 256 g/mol. The minimum absolute atomic E-state index is 0.00836. The predicted molar refractivity (Wildman–Crippen MR) is 64.6 cm³/mol. The third kappa shape index (κ3) is 3.28. The van der Waals surface area contributed by atoms with Crippen molar-refractivity contribution >= 4 is 15.7 Å². The van der Waals surface area contributed by atoms with Gasteiger partial charge in [-0.05, 0) is 11.6 Å². The fraction of sp³-hybridized carbons (Fsp3) is 0.200. The number of hydrogen-bond acceptors (Lipinski definition) is 6. The van der Waals surface area contributed by atoms with Crippen molar-refractivity contribution in [2.75, 3.05) is 5.73 Å². The Morgan fingerprint density at radius 1 is 1.33 bits per heavy atom. The second-order valence-electron chi connectivity index (χ2n) is 3.63. The number of hydrogen-bond donors (Lipinski definition) is 2. The number of nitrogens with two attached hydrogens (primary N) is 1. The lowest BCUT2D eigenvalue weighted by Crippen LogP contribution is -2.25. The normalized spacial score (nSPS) is 11.6. The van der Waals surface area contributed by atoms with Crippen LogP contribution in [0.1, 0.15) is 11.4 Å². The van der Waals surface area contributed by atoms with Crippen molar-refractivity contribution in [3.8, 4) is 0 Å². The largest absolute Gasteiger partial charge is 0.398 e. The van der Waals surface area contributed by atoms with E-state index in [1.165, 1.54) is 0 Å². The van der Waals surface area contributed by atoms with E-state index < -0.39 is 10.0 Å². The van der Waals surface area contributed by atoms with Crippen molar-refractivity contribution in [2.24, 2.45) is 0 Å². The fourth-order valence-corrected chi connectivity index (χ4v) is 2.49. The molecule has 0 spiro atoms. The van der Waals surface area contributed by atoms with Crippen LogP contribution < -0.4 is 10.5 Å². The molecule has 1 aromatic heterocycles. The number of nitrogens with zero attached hydrogens (tertiary/aromatic N) is 2.